The van der Waals surface area contributed by atoms with E-state index in [1.807, 2.05) is 55.5 Å². The van der Waals surface area contributed by atoms with Crippen LogP contribution in [0.5, 0.6) is 5.75 Å². The van der Waals surface area contributed by atoms with Crippen molar-refractivity contribution in [3.05, 3.63) is 71.1 Å². The molecule has 2 aromatic rings. The maximum atomic E-state index is 12.5. The highest BCUT2D eigenvalue weighted by molar-refractivity contribution is 8.18. The van der Waals surface area contributed by atoms with Crippen LogP contribution < -0.4 is 10.1 Å². The molecule has 1 N–H and O–H groups in total. The third kappa shape index (κ3) is 5.48. The number of ether oxygens (including phenoxy) is 1. The molecule has 29 heavy (non-hydrogen) atoms. The van der Waals surface area contributed by atoms with Crippen LogP contribution in [0, 0.1) is 0 Å². The van der Waals surface area contributed by atoms with Crippen LogP contribution in [0.25, 0.3) is 6.08 Å². The van der Waals surface area contributed by atoms with Crippen molar-refractivity contribution in [1.82, 2.24) is 10.2 Å². The van der Waals surface area contributed by atoms with E-state index in [2.05, 4.69) is 5.32 Å². The number of carbonyl (C=O) groups is 3. The van der Waals surface area contributed by atoms with Crippen LogP contribution in [0.2, 0.25) is 0 Å². The van der Waals surface area contributed by atoms with Gasteiger partial charge in [-0.1, -0.05) is 55.5 Å². The molecule has 1 fully saturated rings. The molecule has 0 radical (unpaired) electrons. The Morgan fingerprint density at radius 3 is 2.41 bits per heavy atom. The molecule has 0 spiro atoms. The lowest BCUT2D eigenvalue weighted by atomic mass is 10.2. The van der Waals surface area contributed by atoms with Crippen molar-refractivity contribution in [2.75, 3.05) is 13.1 Å². The zero-order valence-electron chi connectivity index (χ0n) is 16.0. The first-order chi connectivity index (χ1) is 14.1. The van der Waals surface area contributed by atoms with Gasteiger partial charge >= 0.3 is 0 Å². The van der Waals surface area contributed by atoms with E-state index < -0.39 is 6.10 Å². The monoisotopic (exact) mass is 410 g/mol. The fourth-order valence-corrected chi connectivity index (χ4v) is 3.65. The predicted octanol–water partition coefficient (Wildman–Crippen LogP) is 3.70. The molecule has 6 nitrogen and oxygen atoms in total. The Kier molecular flexibility index (Phi) is 7.08. The summed E-state index contributed by atoms with van der Waals surface area (Å²) in [4.78, 5) is 38.6. The van der Waals surface area contributed by atoms with E-state index in [1.165, 1.54) is 0 Å². The quantitative estimate of drug-likeness (QED) is 0.672. The lowest BCUT2D eigenvalue weighted by molar-refractivity contribution is -0.128. The molecule has 1 aliphatic heterocycles. The third-order valence-corrected chi connectivity index (χ3v) is 5.20. The van der Waals surface area contributed by atoms with Gasteiger partial charge in [-0.15, -0.1) is 0 Å². The summed E-state index contributed by atoms with van der Waals surface area (Å²) in [5.41, 5.74) is 0.857. The van der Waals surface area contributed by atoms with E-state index in [-0.39, 0.29) is 30.1 Å². The van der Waals surface area contributed by atoms with Crippen molar-refractivity contribution in [3.63, 3.8) is 0 Å². The Labute approximate surface area is 173 Å². The zero-order chi connectivity index (χ0) is 20.6. The van der Waals surface area contributed by atoms with Gasteiger partial charge in [-0.3, -0.25) is 19.3 Å². The maximum absolute atomic E-state index is 12.5. The molecule has 0 saturated carbocycles. The summed E-state index contributed by atoms with van der Waals surface area (Å²) in [6.07, 6.45) is 1.57. The van der Waals surface area contributed by atoms with Crippen LogP contribution in [0.1, 0.15) is 18.9 Å². The summed E-state index contributed by atoms with van der Waals surface area (Å²) in [5.74, 6) is 0.000297. The molecule has 3 rings (SSSR count). The van der Waals surface area contributed by atoms with E-state index in [0.717, 1.165) is 22.2 Å². The van der Waals surface area contributed by atoms with E-state index >= 15 is 0 Å². The van der Waals surface area contributed by atoms with Gasteiger partial charge in [0, 0.05) is 13.1 Å². The molecule has 1 unspecified atom stereocenters. The molecule has 1 heterocycles. The number of hydrogen-bond donors (Lipinski definition) is 1. The summed E-state index contributed by atoms with van der Waals surface area (Å²) < 4.78 is 5.70. The van der Waals surface area contributed by atoms with Gasteiger partial charge in [-0.05, 0) is 42.0 Å². The topological polar surface area (TPSA) is 75.7 Å². The molecule has 0 bridgehead atoms. The van der Waals surface area contributed by atoms with Crippen molar-refractivity contribution >= 4 is 34.9 Å². The average Bonchev–Trinajstić information content (AvgIpc) is 3.00. The van der Waals surface area contributed by atoms with Crippen molar-refractivity contribution in [3.8, 4) is 5.75 Å². The van der Waals surface area contributed by atoms with Crippen LogP contribution in [-0.2, 0) is 9.59 Å². The van der Waals surface area contributed by atoms with E-state index in [4.69, 9.17) is 4.74 Å². The second kappa shape index (κ2) is 9.93. The predicted molar refractivity (Wildman–Crippen MR) is 113 cm³/mol. The number of imide groups is 1. The SMILES string of the molecule is CCC(Oc1ccccc1)C(=O)NCCN1C(=O)SC(=Cc2ccccc2)C1=O. The van der Waals surface area contributed by atoms with E-state index in [9.17, 15) is 14.4 Å². The number of rotatable bonds is 8. The minimum absolute atomic E-state index is 0.115. The third-order valence-electron chi connectivity index (χ3n) is 4.29. The number of benzene rings is 2. The largest absolute Gasteiger partial charge is 0.481 e. The smallest absolute Gasteiger partial charge is 0.293 e. The fraction of sp³-hybridized carbons (Fsp3) is 0.227. The number of thioether (sulfide) groups is 1. The lowest BCUT2D eigenvalue weighted by Crippen LogP contribution is -2.42. The normalized spacial score (nSPS) is 16.2. The van der Waals surface area contributed by atoms with Gasteiger partial charge in [0.2, 0.25) is 0 Å². The van der Waals surface area contributed by atoms with Gasteiger partial charge in [0.1, 0.15) is 5.75 Å². The standard InChI is InChI=1S/C22H22N2O4S/c1-2-18(28-17-11-7-4-8-12-17)20(25)23-13-14-24-21(26)19(29-22(24)27)15-16-9-5-3-6-10-16/h3-12,15,18H,2,13-14H2,1H3,(H,23,25). The van der Waals surface area contributed by atoms with Crippen molar-refractivity contribution in [1.29, 1.82) is 0 Å². The molecule has 7 heteroatoms. The minimum atomic E-state index is -0.634. The summed E-state index contributed by atoms with van der Waals surface area (Å²) in [6.45, 7) is 2.15. The van der Waals surface area contributed by atoms with Gasteiger partial charge < -0.3 is 10.1 Å². The first-order valence-corrected chi connectivity index (χ1v) is 10.2. The summed E-state index contributed by atoms with van der Waals surface area (Å²) >= 11 is 0.909. The minimum Gasteiger partial charge on any atom is -0.481 e. The zero-order valence-corrected chi connectivity index (χ0v) is 16.9. The Hall–Kier alpha value is -3.06. The fourth-order valence-electron chi connectivity index (χ4n) is 2.78. The van der Waals surface area contributed by atoms with Gasteiger partial charge in [-0.2, -0.15) is 0 Å². The van der Waals surface area contributed by atoms with Gasteiger partial charge in [0.15, 0.2) is 6.10 Å². The lowest BCUT2D eigenvalue weighted by Gasteiger charge is -2.18. The highest BCUT2D eigenvalue weighted by Crippen LogP contribution is 2.31. The number of amides is 3. The molecule has 1 aliphatic rings. The molecular weight excluding hydrogens is 388 g/mol. The number of nitrogens with zero attached hydrogens (tertiary/aromatic N) is 1. The summed E-state index contributed by atoms with van der Waals surface area (Å²) in [5, 5.41) is 2.41. The van der Waals surface area contributed by atoms with Crippen molar-refractivity contribution in [2.24, 2.45) is 0 Å². The Morgan fingerprint density at radius 2 is 1.76 bits per heavy atom. The number of para-hydroxylation sites is 1. The maximum Gasteiger partial charge on any atom is 0.293 e. The van der Waals surface area contributed by atoms with Crippen LogP contribution >= 0.6 is 11.8 Å². The van der Waals surface area contributed by atoms with Crippen LogP contribution in [-0.4, -0.2) is 41.1 Å². The Morgan fingerprint density at radius 1 is 1.10 bits per heavy atom. The van der Waals surface area contributed by atoms with Crippen LogP contribution in [0.4, 0.5) is 4.79 Å². The van der Waals surface area contributed by atoms with E-state index in [0.29, 0.717) is 17.1 Å². The number of carbonyl (C=O) groups excluding carboxylic acids is 3. The highest BCUT2D eigenvalue weighted by Gasteiger charge is 2.34. The number of hydrogen-bond acceptors (Lipinski definition) is 5. The molecule has 0 aliphatic carbocycles. The molecule has 3 amide bonds. The molecular formula is C22H22N2O4S. The van der Waals surface area contributed by atoms with Crippen molar-refractivity contribution < 1.29 is 19.1 Å². The average molecular weight is 410 g/mol. The van der Waals surface area contributed by atoms with Gasteiger partial charge in [0.25, 0.3) is 17.1 Å². The van der Waals surface area contributed by atoms with Gasteiger partial charge in [-0.25, -0.2) is 0 Å². The van der Waals surface area contributed by atoms with Crippen LogP contribution in [0.3, 0.4) is 0 Å². The first kappa shape index (κ1) is 20.7. The Bertz CT molecular complexity index is 900. The van der Waals surface area contributed by atoms with Gasteiger partial charge in [0.05, 0.1) is 4.91 Å². The second-order valence-electron chi connectivity index (χ2n) is 6.36. The number of nitrogens with one attached hydrogen (secondary N) is 1. The molecule has 150 valence electrons. The second-order valence-corrected chi connectivity index (χ2v) is 7.36. The first-order valence-electron chi connectivity index (χ1n) is 9.38. The molecule has 1 saturated heterocycles. The van der Waals surface area contributed by atoms with E-state index in [1.54, 1.807) is 18.2 Å². The summed E-state index contributed by atoms with van der Waals surface area (Å²) in [6, 6.07) is 18.5. The van der Waals surface area contributed by atoms with Crippen LogP contribution in [0.15, 0.2) is 65.6 Å². The Balaban J connectivity index is 1.53. The molecule has 2 aromatic carbocycles. The van der Waals surface area contributed by atoms with Crippen molar-refractivity contribution in [2.45, 2.75) is 19.4 Å². The summed E-state index contributed by atoms with van der Waals surface area (Å²) in [7, 11) is 0. The molecule has 1 atom stereocenters. The molecule has 0 aromatic heterocycles. The highest BCUT2D eigenvalue weighted by atomic mass is 32.2.